The minimum atomic E-state index is -0.527. The monoisotopic (exact) mass is 512 g/mol. The Balaban J connectivity index is 1.18. The van der Waals surface area contributed by atoms with Gasteiger partial charge in [0.2, 0.25) is 11.8 Å². The zero-order valence-corrected chi connectivity index (χ0v) is 19.8. The van der Waals surface area contributed by atoms with E-state index in [-0.39, 0.29) is 29.8 Å². The van der Waals surface area contributed by atoms with Gasteiger partial charge < -0.3 is 25.0 Å². The van der Waals surface area contributed by atoms with E-state index in [0.717, 1.165) is 27.4 Å². The molecule has 2 aromatic heterocycles. The molecule has 0 bridgehead atoms. The maximum absolute atomic E-state index is 12.9. The van der Waals surface area contributed by atoms with Gasteiger partial charge in [-0.2, -0.15) is 0 Å². The number of fused-ring (bicyclic) bond motifs is 1. The fraction of sp³-hybridized carbons (Fsp3) is 0.375. The molecule has 33 heavy (non-hydrogen) atoms. The van der Waals surface area contributed by atoms with Gasteiger partial charge in [0.15, 0.2) is 0 Å². The van der Waals surface area contributed by atoms with Crippen LogP contribution in [0.15, 0.2) is 47.1 Å². The van der Waals surface area contributed by atoms with Crippen LogP contribution in [0.5, 0.6) is 5.88 Å². The third-order valence-electron chi connectivity index (χ3n) is 6.59. The first kappa shape index (κ1) is 21.9. The number of pyridine rings is 1. The Hall–Kier alpha value is -2.91. The number of likely N-dealkylation sites (tertiary alicyclic amines) is 1. The van der Waals surface area contributed by atoms with Gasteiger partial charge in [-0.25, -0.2) is 4.98 Å². The maximum atomic E-state index is 12.9. The predicted octanol–water partition coefficient (Wildman–Crippen LogP) is 3.04. The average molecular weight is 513 g/mol. The van der Waals surface area contributed by atoms with Crippen molar-refractivity contribution in [2.75, 3.05) is 26.3 Å². The molecule has 1 aliphatic heterocycles. The molecule has 5 rings (SSSR count). The molecule has 8 nitrogen and oxygen atoms in total. The number of hydrogen-bond donors (Lipinski definition) is 3. The highest BCUT2D eigenvalue weighted by atomic mass is 79.9. The second-order valence-electron chi connectivity index (χ2n) is 8.77. The number of carbonyl (C=O) groups excluding carboxylic acids is 2. The fourth-order valence-electron chi connectivity index (χ4n) is 4.67. The van der Waals surface area contributed by atoms with Gasteiger partial charge in [-0.15, -0.1) is 0 Å². The van der Waals surface area contributed by atoms with Crippen molar-refractivity contribution in [2.24, 2.45) is 11.3 Å². The van der Waals surface area contributed by atoms with E-state index in [1.54, 1.807) is 23.2 Å². The summed E-state index contributed by atoms with van der Waals surface area (Å²) in [5, 5.41) is 13.7. The number of rotatable bonds is 7. The minimum Gasteiger partial charge on any atom is -0.478 e. The number of hydrogen-bond acceptors (Lipinski definition) is 5. The number of aromatic amines is 1. The lowest BCUT2D eigenvalue weighted by molar-refractivity contribution is -0.125. The summed E-state index contributed by atoms with van der Waals surface area (Å²) in [6.07, 6.45) is 2.36. The van der Waals surface area contributed by atoms with Crippen LogP contribution in [0.1, 0.15) is 35.4 Å². The second-order valence-corrected chi connectivity index (χ2v) is 9.63. The van der Waals surface area contributed by atoms with E-state index < -0.39 is 6.04 Å². The number of nitrogens with one attached hydrogen (secondary N) is 2. The van der Waals surface area contributed by atoms with E-state index in [9.17, 15) is 14.7 Å². The summed E-state index contributed by atoms with van der Waals surface area (Å²) in [5.74, 6) is 0.211. The Labute approximate surface area is 199 Å². The van der Waals surface area contributed by atoms with E-state index >= 15 is 0 Å². The van der Waals surface area contributed by atoms with Crippen molar-refractivity contribution in [3.05, 3.63) is 58.3 Å². The molecule has 1 unspecified atom stereocenters. The van der Waals surface area contributed by atoms with Crippen molar-refractivity contribution < 1.29 is 19.4 Å². The highest BCUT2D eigenvalue weighted by Crippen LogP contribution is 2.59. The summed E-state index contributed by atoms with van der Waals surface area (Å²) >= 11 is 3.50. The molecule has 0 radical (unpaired) electrons. The molecule has 2 atom stereocenters. The molecule has 3 heterocycles. The number of H-pyrrole nitrogens is 1. The van der Waals surface area contributed by atoms with Crippen molar-refractivity contribution in [2.45, 2.75) is 19.4 Å². The van der Waals surface area contributed by atoms with Gasteiger partial charge in [0, 0.05) is 46.5 Å². The molecule has 2 aliphatic rings. The molecule has 1 aliphatic carbocycles. The average Bonchev–Trinajstić information content (AvgIpc) is 3.40. The Morgan fingerprint density at radius 2 is 2.18 bits per heavy atom. The van der Waals surface area contributed by atoms with Gasteiger partial charge in [0.1, 0.15) is 5.69 Å². The molecule has 1 saturated heterocycles. The molecule has 9 heteroatoms. The van der Waals surface area contributed by atoms with Crippen LogP contribution in [-0.2, 0) is 4.79 Å². The minimum absolute atomic E-state index is 0.0523. The standard InChI is InChI=1S/C24H25BrN4O4/c1-2-33-20-7-6-15(10-26-20)19(11-30)28-22(31)16-9-24(16)12-29(13-24)23(32)18-8-14-4-3-5-17(25)21(14)27-18/h3-8,10,16,19,27,30H,2,9,11-13H2,1H3,(H,28,31)/t16?,19-/m1/s1. The number of aliphatic hydroxyl groups excluding tert-OH is 1. The lowest BCUT2D eigenvalue weighted by Crippen LogP contribution is -2.53. The summed E-state index contributed by atoms with van der Waals surface area (Å²) in [5.41, 5.74) is 2.03. The molecule has 3 aromatic rings. The van der Waals surface area contributed by atoms with Gasteiger partial charge >= 0.3 is 0 Å². The van der Waals surface area contributed by atoms with E-state index in [1.807, 2.05) is 31.2 Å². The van der Waals surface area contributed by atoms with Crippen molar-refractivity contribution in [3.63, 3.8) is 0 Å². The summed E-state index contributed by atoms with van der Waals surface area (Å²) < 4.78 is 6.26. The molecule has 3 N–H and O–H groups in total. The number of halogens is 1. The van der Waals surface area contributed by atoms with Crippen molar-refractivity contribution in [3.8, 4) is 5.88 Å². The number of amides is 2. The number of carbonyl (C=O) groups is 2. The van der Waals surface area contributed by atoms with Crippen LogP contribution in [0.2, 0.25) is 0 Å². The molecule has 172 valence electrons. The van der Waals surface area contributed by atoms with E-state index in [2.05, 4.69) is 31.2 Å². The number of ether oxygens (including phenoxy) is 1. The molecule has 2 amide bonds. The first-order valence-electron chi connectivity index (χ1n) is 11.0. The molecule has 2 fully saturated rings. The van der Waals surface area contributed by atoms with Crippen LogP contribution in [0.25, 0.3) is 10.9 Å². The van der Waals surface area contributed by atoms with E-state index in [4.69, 9.17) is 4.74 Å². The van der Waals surface area contributed by atoms with Gasteiger partial charge in [-0.05, 0) is 53.0 Å². The highest BCUT2D eigenvalue weighted by Gasteiger charge is 2.65. The molecule has 1 saturated carbocycles. The first-order valence-corrected chi connectivity index (χ1v) is 11.8. The van der Waals surface area contributed by atoms with Crippen molar-refractivity contribution in [1.29, 1.82) is 0 Å². The summed E-state index contributed by atoms with van der Waals surface area (Å²) in [6.45, 7) is 3.31. The van der Waals surface area contributed by atoms with Crippen LogP contribution >= 0.6 is 15.9 Å². The van der Waals surface area contributed by atoms with Gasteiger partial charge in [0.05, 0.1) is 24.8 Å². The summed E-state index contributed by atoms with van der Waals surface area (Å²) in [6, 6.07) is 10.7. The zero-order valence-electron chi connectivity index (χ0n) is 18.2. The van der Waals surface area contributed by atoms with Crippen molar-refractivity contribution in [1.82, 2.24) is 20.2 Å². The third-order valence-corrected chi connectivity index (χ3v) is 7.25. The second kappa shape index (κ2) is 8.46. The molecular formula is C24H25BrN4O4. The largest absolute Gasteiger partial charge is 0.478 e. The summed E-state index contributed by atoms with van der Waals surface area (Å²) in [4.78, 5) is 34.9. The Morgan fingerprint density at radius 1 is 1.36 bits per heavy atom. The Morgan fingerprint density at radius 3 is 2.85 bits per heavy atom. The predicted molar refractivity (Wildman–Crippen MR) is 126 cm³/mol. The Bertz CT molecular complexity index is 1200. The number of benzene rings is 1. The SMILES string of the molecule is CCOc1ccc([C@@H](CO)NC(=O)C2CC23CN(C(=O)c2cc4cccc(Br)c4[nH]2)C3)cn1. The number of aliphatic hydroxyl groups is 1. The highest BCUT2D eigenvalue weighted by molar-refractivity contribution is 9.10. The lowest BCUT2D eigenvalue weighted by atomic mass is 9.92. The molecular weight excluding hydrogens is 488 g/mol. The third kappa shape index (κ3) is 4.00. The number of nitrogens with zero attached hydrogens (tertiary/aromatic N) is 2. The summed E-state index contributed by atoms with van der Waals surface area (Å²) in [7, 11) is 0. The number of para-hydroxylation sites is 1. The van der Waals surface area contributed by atoms with Crippen molar-refractivity contribution >= 4 is 38.6 Å². The van der Waals surface area contributed by atoms with Crippen LogP contribution < -0.4 is 10.1 Å². The normalized spacial score (nSPS) is 19.2. The first-order chi connectivity index (χ1) is 15.9. The van der Waals surface area contributed by atoms with E-state index in [0.29, 0.717) is 31.3 Å². The van der Waals surface area contributed by atoms with Gasteiger partial charge in [-0.1, -0.05) is 12.1 Å². The topological polar surface area (TPSA) is 108 Å². The van der Waals surface area contributed by atoms with Crippen LogP contribution in [0.4, 0.5) is 0 Å². The molecule has 1 spiro atoms. The zero-order chi connectivity index (χ0) is 23.2. The smallest absolute Gasteiger partial charge is 0.270 e. The Kier molecular flexibility index (Phi) is 5.62. The van der Waals surface area contributed by atoms with Crippen LogP contribution in [0.3, 0.4) is 0 Å². The van der Waals surface area contributed by atoms with Crippen LogP contribution in [0, 0.1) is 11.3 Å². The maximum Gasteiger partial charge on any atom is 0.270 e. The molecule has 1 aromatic carbocycles. The fourth-order valence-corrected chi connectivity index (χ4v) is 5.15. The number of aromatic nitrogens is 2. The quantitative estimate of drug-likeness (QED) is 0.450. The lowest BCUT2D eigenvalue weighted by Gasteiger charge is -2.40. The van der Waals surface area contributed by atoms with Crippen LogP contribution in [-0.4, -0.2) is 58.1 Å². The van der Waals surface area contributed by atoms with Gasteiger partial charge in [-0.3, -0.25) is 9.59 Å². The van der Waals surface area contributed by atoms with Gasteiger partial charge in [0.25, 0.3) is 5.91 Å². The van der Waals surface area contributed by atoms with E-state index in [1.165, 1.54) is 0 Å².